The number of carboxylic acids is 1. The molecule has 6 rings (SSSR count). The molecular weight excluding hydrogens is 798 g/mol. The summed E-state index contributed by atoms with van der Waals surface area (Å²) in [5.41, 5.74) is -0.505. The van der Waals surface area contributed by atoms with E-state index < -0.39 is 64.8 Å². The van der Waals surface area contributed by atoms with Gasteiger partial charge in [0.1, 0.15) is 5.78 Å². The number of ketones is 1. The Bertz CT molecular complexity index is 1690. The minimum atomic E-state index is -1.19. The molecule has 4 saturated heterocycles. The number of hydrogen-bond acceptors (Lipinski definition) is 10. The van der Waals surface area contributed by atoms with Crippen LogP contribution >= 0.6 is 11.6 Å². The number of halogens is 1. The standard InChI is InChI=1S/C49H76ClNO10/c1-11-36(45(54)55)38-19-14-28(4)43(58-38)32(8)41(52)31(7)42(53)37(12-2)44-29(5)26-30(6)48(59-44)23-20-39(51-27-34-15-17-35(50)18-16-34)49(61-48)25-24-46(10,60-49)40-21-22-47(56,13-3)33(9)57-40/h15-18,20,23,28-33,36-41,43-44,51-52,56H,11-14,19,21-22,24-27H2,1-10H3,(H,54,55)/t28-,29-,30+,31-,32-,33-,36+,37-,38+,39-,40+,41+,43+,44-,46-,47+,48-,49-/m0/s1. The predicted octanol–water partition coefficient (Wildman–Crippen LogP) is 8.64. The van der Waals surface area contributed by atoms with Crippen molar-refractivity contribution in [1.29, 1.82) is 0 Å². The van der Waals surface area contributed by atoms with Gasteiger partial charge < -0.3 is 44.3 Å². The van der Waals surface area contributed by atoms with Crippen molar-refractivity contribution in [3.05, 3.63) is 47.0 Å². The van der Waals surface area contributed by atoms with E-state index >= 15 is 0 Å². The van der Waals surface area contributed by atoms with Gasteiger partial charge in [0.05, 0.1) is 59.8 Å². The molecule has 0 bridgehead atoms. The third-order valence-corrected chi connectivity index (χ3v) is 16.2. The smallest absolute Gasteiger partial charge is 0.309 e. The lowest BCUT2D eigenvalue weighted by Crippen LogP contribution is -2.65. The van der Waals surface area contributed by atoms with Crippen molar-refractivity contribution in [2.75, 3.05) is 0 Å². The molecule has 12 heteroatoms. The molecule has 1 aromatic carbocycles. The van der Waals surface area contributed by atoms with Crippen LogP contribution in [0.15, 0.2) is 36.4 Å². The summed E-state index contributed by atoms with van der Waals surface area (Å²) in [6.07, 6.45) is 7.62. The van der Waals surface area contributed by atoms with Gasteiger partial charge in [-0.2, -0.15) is 0 Å². The highest BCUT2D eigenvalue weighted by Gasteiger charge is 2.63. The van der Waals surface area contributed by atoms with Crippen LogP contribution < -0.4 is 5.32 Å². The lowest BCUT2D eigenvalue weighted by atomic mass is 9.72. The second-order valence-corrected chi connectivity index (χ2v) is 20.4. The molecule has 18 atom stereocenters. The van der Waals surface area contributed by atoms with Crippen molar-refractivity contribution in [1.82, 2.24) is 5.32 Å². The molecule has 4 fully saturated rings. The maximum atomic E-state index is 14.7. The van der Waals surface area contributed by atoms with Crippen LogP contribution in [0.4, 0.5) is 0 Å². The van der Waals surface area contributed by atoms with E-state index in [-0.39, 0.29) is 53.8 Å². The van der Waals surface area contributed by atoms with Gasteiger partial charge in [0.15, 0.2) is 11.6 Å². The third-order valence-electron chi connectivity index (χ3n) is 15.9. The minimum Gasteiger partial charge on any atom is -0.481 e. The van der Waals surface area contributed by atoms with Crippen LogP contribution in [0.1, 0.15) is 139 Å². The summed E-state index contributed by atoms with van der Waals surface area (Å²) in [6, 6.07) is 7.43. The number of benzene rings is 1. The Morgan fingerprint density at radius 1 is 0.902 bits per heavy atom. The highest BCUT2D eigenvalue weighted by atomic mass is 35.5. The summed E-state index contributed by atoms with van der Waals surface area (Å²) < 4.78 is 34.9. The molecule has 1 aromatic rings. The zero-order valence-corrected chi connectivity index (χ0v) is 39.2. The van der Waals surface area contributed by atoms with Gasteiger partial charge in [-0.05, 0) is 107 Å². The second-order valence-electron chi connectivity index (χ2n) is 20.0. The van der Waals surface area contributed by atoms with Gasteiger partial charge >= 0.3 is 5.97 Å². The maximum absolute atomic E-state index is 14.7. The fourth-order valence-corrected chi connectivity index (χ4v) is 11.7. The van der Waals surface area contributed by atoms with Crippen LogP contribution in [-0.2, 0) is 39.8 Å². The highest BCUT2D eigenvalue weighted by molar-refractivity contribution is 6.30. The number of carbonyl (C=O) groups is 2. The summed E-state index contributed by atoms with van der Waals surface area (Å²) in [6.45, 7) is 20.6. The Balaban J connectivity index is 1.24. The summed E-state index contributed by atoms with van der Waals surface area (Å²) in [5.74, 6) is -5.39. The van der Waals surface area contributed by atoms with Crippen LogP contribution in [0.2, 0.25) is 5.02 Å². The third kappa shape index (κ3) is 9.72. The largest absolute Gasteiger partial charge is 0.481 e. The van der Waals surface area contributed by atoms with E-state index in [2.05, 4.69) is 39.1 Å². The summed E-state index contributed by atoms with van der Waals surface area (Å²) in [5, 5.41) is 37.4. The first-order valence-electron chi connectivity index (χ1n) is 23.5. The van der Waals surface area contributed by atoms with Gasteiger partial charge in [-0.1, -0.05) is 85.2 Å². The Morgan fingerprint density at radius 2 is 1.59 bits per heavy atom. The van der Waals surface area contributed by atoms with Crippen molar-refractivity contribution in [3.63, 3.8) is 0 Å². The average molecular weight is 875 g/mol. The van der Waals surface area contributed by atoms with Gasteiger partial charge in [0.25, 0.3) is 0 Å². The molecule has 5 aliphatic rings. The molecular formula is C49H76ClNO10. The molecule has 0 saturated carbocycles. The number of aliphatic carboxylic acids is 1. The Labute approximate surface area is 370 Å². The fraction of sp³-hybridized carbons (Fsp3) is 0.796. The molecule has 5 aliphatic heterocycles. The van der Waals surface area contributed by atoms with Crippen molar-refractivity contribution in [2.45, 2.75) is 205 Å². The molecule has 5 heterocycles. The minimum absolute atomic E-state index is 0.0265. The SMILES string of the molecule is CC[C@@H](C(=O)[C@@H](C)[C@@H](O)[C@H](C)[C@@H]1O[C@@H]([C@@H](CC)C(=O)O)CC[C@@H]1C)[C@H]1O[C@]2(C=C[C@H](NCc3ccc(Cl)cc3)[C@]3(CC[C@@](C)([C@H]4CC[C@](O)(CC)[C@H](C)O4)O3)O2)[C@H](C)C[C@@H]1C. The number of carbonyl (C=O) groups excluding carboxylic acids is 1. The molecule has 11 nitrogen and oxygen atoms in total. The summed E-state index contributed by atoms with van der Waals surface area (Å²) in [4.78, 5) is 26.7. The van der Waals surface area contributed by atoms with Crippen LogP contribution in [-0.4, -0.2) is 92.5 Å². The Kier molecular flexibility index (Phi) is 15.3. The van der Waals surface area contributed by atoms with Crippen LogP contribution in [0.5, 0.6) is 0 Å². The molecule has 344 valence electrons. The number of nitrogens with one attached hydrogen (secondary N) is 1. The molecule has 4 N–H and O–H groups in total. The summed E-state index contributed by atoms with van der Waals surface area (Å²) >= 11 is 6.21. The number of ether oxygens (including phenoxy) is 5. The van der Waals surface area contributed by atoms with E-state index in [9.17, 15) is 24.9 Å². The molecule has 0 amide bonds. The van der Waals surface area contributed by atoms with Crippen molar-refractivity contribution in [3.8, 4) is 0 Å². The van der Waals surface area contributed by atoms with Crippen LogP contribution in [0.3, 0.4) is 0 Å². The molecule has 0 radical (unpaired) electrons. The molecule has 61 heavy (non-hydrogen) atoms. The van der Waals surface area contributed by atoms with E-state index in [0.717, 1.165) is 18.4 Å². The lowest BCUT2D eigenvalue weighted by molar-refractivity contribution is -0.398. The number of Topliss-reactive ketones (excluding diaryl/α,β-unsaturated/α-hetero) is 1. The average Bonchev–Trinajstić information content (AvgIpc) is 3.57. The van der Waals surface area contributed by atoms with E-state index in [4.69, 9.17) is 35.3 Å². The normalized spacial score (nSPS) is 41.6. The summed E-state index contributed by atoms with van der Waals surface area (Å²) in [7, 11) is 0. The lowest BCUT2D eigenvalue weighted by Gasteiger charge is -2.55. The van der Waals surface area contributed by atoms with Crippen molar-refractivity contribution in [2.24, 2.45) is 41.4 Å². The van der Waals surface area contributed by atoms with Crippen molar-refractivity contribution >= 4 is 23.4 Å². The molecule has 0 unspecified atom stereocenters. The van der Waals surface area contributed by atoms with Gasteiger partial charge in [-0.25, -0.2) is 0 Å². The fourth-order valence-electron chi connectivity index (χ4n) is 11.6. The Hall–Kier alpha value is -1.93. The Morgan fingerprint density at radius 3 is 2.21 bits per heavy atom. The molecule has 0 aromatic heterocycles. The van der Waals surface area contributed by atoms with E-state index in [1.807, 2.05) is 65.0 Å². The first-order valence-corrected chi connectivity index (χ1v) is 23.9. The van der Waals surface area contributed by atoms with E-state index in [1.54, 1.807) is 6.92 Å². The van der Waals surface area contributed by atoms with Crippen LogP contribution in [0, 0.1) is 41.4 Å². The van der Waals surface area contributed by atoms with Gasteiger partial charge in [-0.15, -0.1) is 0 Å². The quantitative estimate of drug-likeness (QED) is 0.125. The monoisotopic (exact) mass is 874 g/mol. The number of hydrogen-bond donors (Lipinski definition) is 4. The predicted molar refractivity (Wildman–Crippen MR) is 235 cm³/mol. The highest BCUT2D eigenvalue weighted by Crippen LogP contribution is 2.54. The zero-order valence-electron chi connectivity index (χ0n) is 38.4. The molecule has 0 aliphatic carbocycles. The van der Waals surface area contributed by atoms with E-state index in [0.29, 0.717) is 62.9 Å². The van der Waals surface area contributed by atoms with E-state index in [1.165, 1.54) is 0 Å². The topological polar surface area (TPSA) is 153 Å². The van der Waals surface area contributed by atoms with Crippen molar-refractivity contribution < 1.29 is 48.6 Å². The van der Waals surface area contributed by atoms with Crippen LogP contribution in [0.25, 0.3) is 0 Å². The maximum Gasteiger partial charge on any atom is 0.309 e. The first-order chi connectivity index (χ1) is 28.8. The second kappa shape index (κ2) is 19.3. The number of rotatable bonds is 15. The van der Waals surface area contributed by atoms with Gasteiger partial charge in [0.2, 0.25) is 0 Å². The first kappa shape index (κ1) is 48.5. The number of aliphatic hydroxyl groups is 2. The molecule has 2 spiro atoms. The number of aliphatic hydroxyl groups excluding tert-OH is 1. The number of carboxylic acid groups (broad SMARTS) is 1. The zero-order chi connectivity index (χ0) is 44.7. The van der Waals surface area contributed by atoms with Gasteiger partial charge in [-0.3, -0.25) is 9.59 Å². The van der Waals surface area contributed by atoms with Gasteiger partial charge in [0, 0.05) is 41.7 Å².